The van der Waals surface area contributed by atoms with Gasteiger partial charge in [0.15, 0.2) is 0 Å². The summed E-state index contributed by atoms with van der Waals surface area (Å²) >= 11 is 0. The van der Waals surface area contributed by atoms with E-state index in [0.717, 1.165) is 5.56 Å². The number of amides is 1. The highest BCUT2D eigenvalue weighted by Gasteiger charge is 2.05. The number of anilines is 4. The maximum absolute atomic E-state index is 11.8. The second kappa shape index (κ2) is 8.98. The van der Waals surface area contributed by atoms with Crippen LogP contribution in [0.2, 0.25) is 0 Å². The highest BCUT2D eigenvalue weighted by atomic mass is 16.1. The molecule has 0 spiro atoms. The van der Waals surface area contributed by atoms with Crippen molar-refractivity contribution >= 4 is 28.7 Å². The standard InChI is InChI=1S/C14H14N2O.C6H8N2/c15-12-8-4-5-9-13(12)16-14(17)10-11-6-2-1-3-7-11;7-5-3-1-2-4-6(5)8/h1-9H,10,15H2,(H,16,17);1-4H,7-8H2. The van der Waals surface area contributed by atoms with Gasteiger partial charge in [0.25, 0.3) is 0 Å². The number of carbonyl (C=O) groups excluding carboxylic acids is 1. The zero-order chi connectivity index (χ0) is 18.1. The number of carbonyl (C=O) groups is 1. The van der Waals surface area contributed by atoms with Crippen molar-refractivity contribution in [3.05, 3.63) is 84.4 Å². The second-order valence-corrected chi connectivity index (χ2v) is 5.43. The molecule has 0 aliphatic heterocycles. The first kappa shape index (κ1) is 17.9. The van der Waals surface area contributed by atoms with Crippen molar-refractivity contribution in [2.45, 2.75) is 6.42 Å². The SMILES string of the molecule is Nc1ccccc1N.Nc1ccccc1NC(=O)Cc1ccccc1. The van der Waals surface area contributed by atoms with Crippen LogP contribution in [-0.4, -0.2) is 5.91 Å². The lowest BCUT2D eigenvalue weighted by molar-refractivity contribution is -0.115. The molecule has 3 aromatic rings. The number of hydrogen-bond donors (Lipinski definition) is 4. The van der Waals surface area contributed by atoms with Gasteiger partial charge in [-0.25, -0.2) is 0 Å². The van der Waals surface area contributed by atoms with Crippen molar-refractivity contribution in [2.24, 2.45) is 0 Å². The molecule has 0 saturated heterocycles. The van der Waals surface area contributed by atoms with Gasteiger partial charge in [-0.3, -0.25) is 4.79 Å². The molecule has 0 saturated carbocycles. The van der Waals surface area contributed by atoms with Gasteiger partial charge in [0, 0.05) is 0 Å². The summed E-state index contributed by atoms with van der Waals surface area (Å²) in [7, 11) is 0. The van der Waals surface area contributed by atoms with Gasteiger partial charge in [-0.05, 0) is 29.8 Å². The van der Waals surface area contributed by atoms with Crippen molar-refractivity contribution in [1.82, 2.24) is 0 Å². The highest BCUT2D eigenvalue weighted by Crippen LogP contribution is 2.17. The van der Waals surface area contributed by atoms with E-state index in [9.17, 15) is 4.79 Å². The van der Waals surface area contributed by atoms with E-state index >= 15 is 0 Å². The van der Waals surface area contributed by atoms with E-state index in [-0.39, 0.29) is 5.91 Å². The topological polar surface area (TPSA) is 107 Å². The quantitative estimate of drug-likeness (QED) is 0.551. The lowest BCUT2D eigenvalue weighted by atomic mass is 10.1. The van der Waals surface area contributed by atoms with Crippen molar-refractivity contribution in [2.75, 3.05) is 22.5 Å². The van der Waals surface area contributed by atoms with E-state index in [1.807, 2.05) is 54.6 Å². The van der Waals surface area contributed by atoms with Crippen LogP contribution in [0.25, 0.3) is 0 Å². The number of nitrogens with two attached hydrogens (primary N) is 3. The van der Waals surface area contributed by atoms with Crippen molar-refractivity contribution < 1.29 is 4.79 Å². The first-order valence-electron chi connectivity index (χ1n) is 7.84. The Morgan fingerprint density at radius 2 is 1.16 bits per heavy atom. The summed E-state index contributed by atoms with van der Waals surface area (Å²) in [5.74, 6) is -0.0610. The summed E-state index contributed by atoms with van der Waals surface area (Å²) < 4.78 is 0. The fourth-order valence-corrected chi connectivity index (χ4v) is 2.10. The van der Waals surface area contributed by atoms with Crippen LogP contribution in [0.1, 0.15) is 5.56 Å². The average molecular weight is 334 g/mol. The van der Waals surface area contributed by atoms with Crippen LogP contribution >= 0.6 is 0 Å². The summed E-state index contributed by atoms with van der Waals surface area (Å²) in [6.45, 7) is 0. The van der Waals surface area contributed by atoms with Crippen LogP contribution in [0.15, 0.2) is 78.9 Å². The summed E-state index contributed by atoms with van der Waals surface area (Å²) in [5, 5.41) is 2.79. The van der Waals surface area contributed by atoms with Gasteiger partial charge < -0.3 is 22.5 Å². The van der Waals surface area contributed by atoms with E-state index in [2.05, 4.69) is 5.32 Å². The van der Waals surface area contributed by atoms with Crippen molar-refractivity contribution in [3.8, 4) is 0 Å². The van der Waals surface area contributed by atoms with Gasteiger partial charge in [0.2, 0.25) is 5.91 Å². The normalized spacial score (nSPS) is 9.60. The number of benzene rings is 3. The summed E-state index contributed by atoms with van der Waals surface area (Å²) in [4.78, 5) is 11.8. The largest absolute Gasteiger partial charge is 0.397 e. The Labute approximate surface area is 147 Å². The zero-order valence-corrected chi connectivity index (χ0v) is 13.9. The monoisotopic (exact) mass is 334 g/mol. The van der Waals surface area contributed by atoms with Crippen LogP contribution < -0.4 is 22.5 Å². The van der Waals surface area contributed by atoms with Crippen LogP contribution in [0.5, 0.6) is 0 Å². The van der Waals surface area contributed by atoms with E-state index in [4.69, 9.17) is 17.2 Å². The Bertz CT molecular complexity index is 798. The molecule has 5 nitrogen and oxygen atoms in total. The molecule has 128 valence electrons. The Morgan fingerprint density at radius 3 is 1.68 bits per heavy atom. The van der Waals surface area contributed by atoms with Gasteiger partial charge in [-0.15, -0.1) is 0 Å². The molecule has 0 aliphatic rings. The molecule has 0 radical (unpaired) electrons. The number of para-hydroxylation sites is 4. The van der Waals surface area contributed by atoms with E-state index in [0.29, 0.717) is 29.2 Å². The van der Waals surface area contributed by atoms with Crippen molar-refractivity contribution in [1.29, 1.82) is 0 Å². The smallest absolute Gasteiger partial charge is 0.228 e. The molecule has 0 heterocycles. The molecule has 25 heavy (non-hydrogen) atoms. The van der Waals surface area contributed by atoms with E-state index in [1.54, 1.807) is 24.3 Å². The number of nitrogens with one attached hydrogen (secondary N) is 1. The minimum atomic E-state index is -0.0610. The van der Waals surface area contributed by atoms with E-state index < -0.39 is 0 Å². The molecule has 3 aromatic carbocycles. The third-order valence-corrected chi connectivity index (χ3v) is 3.44. The maximum atomic E-state index is 11.8. The van der Waals surface area contributed by atoms with Gasteiger partial charge in [-0.1, -0.05) is 54.6 Å². The lowest BCUT2D eigenvalue weighted by Gasteiger charge is -2.07. The first-order valence-corrected chi connectivity index (χ1v) is 7.84. The molecular weight excluding hydrogens is 312 g/mol. The molecular formula is C20H22N4O. The second-order valence-electron chi connectivity index (χ2n) is 5.43. The highest BCUT2D eigenvalue weighted by molar-refractivity contribution is 5.95. The summed E-state index contributed by atoms with van der Waals surface area (Å²) in [5.41, 5.74) is 20.1. The number of rotatable bonds is 3. The predicted molar refractivity (Wildman–Crippen MR) is 105 cm³/mol. The van der Waals surface area contributed by atoms with Gasteiger partial charge in [-0.2, -0.15) is 0 Å². The van der Waals surface area contributed by atoms with Crippen LogP contribution in [0.4, 0.5) is 22.7 Å². The minimum absolute atomic E-state index is 0.0610. The predicted octanol–water partition coefficient (Wildman–Crippen LogP) is 3.30. The molecule has 1 amide bonds. The molecule has 5 heteroatoms. The van der Waals surface area contributed by atoms with Crippen molar-refractivity contribution in [3.63, 3.8) is 0 Å². The van der Waals surface area contributed by atoms with Gasteiger partial charge in [0.05, 0.1) is 29.2 Å². The molecule has 0 atom stereocenters. The molecule has 0 aliphatic carbocycles. The van der Waals surface area contributed by atoms with Gasteiger partial charge in [0.1, 0.15) is 0 Å². The average Bonchev–Trinajstić information content (AvgIpc) is 2.61. The Morgan fingerprint density at radius 1 is 0.680 bits per heavy atom. The van der Waals surface area contributed by atoms with Crippen LogP contribution in [0.3, 0.4) is 0 Å². The fraction of sp³-hybridized carbons (Fsp3) is 0.0500. The molecule has 7 N–H and O–H groups in total. The molecule has 0 bridgehead atoms. The first-order chi connectivity index (χ1) is 12.1. The van der Waals surface area contributed by atoms with Crippen LogP contribution in [-0.2, 0) is 11.2 Å². The molecule has 0 unspecified atom stereocenters. The van der Waals surface area contributed by atoms with Crippen LogP contribution in [0, 0.1) is 0 Å². The maximum Gasteiger partial charge on any atom is 0.228 e. The summed E-state index contributed by atoms with van der Waals surface area (Å²) in [6.07, 6.45) is 0.356. The zero-order valence-electron chi connectivity index (χ0n) is 13.9. The molecule has 0 aromatic heterocycles. The minimum Gasteiger partial charge on any atom is -0.397 e. The third kappa shape index (κ3) is 5.91. The van der Waals surface area contributed by atoms with E-state index in [1.165, 1.54) is 0 Å². The number of nitrogen functional groups attached to an aromatic ring is 3. The number of hydrogen-bond acceptors (Lipinski definition) is 4. The summed E-state index contributed by atoms with van der Waals surface area (Å²) in [6, 6.07) is 24.1. The van der Waals surface area contributed by atoms with Gasteiger partial charge >= 0.3 is 0 Å². The lowest BCUT2D eigenvalue weighted by Crippen LogP contribution is -2.15. The molecule has 0 fully saturated rings. The fourth-order valence-electron chi connectivity index (χ4n) is 2.10. The third-order valence-electron chi connectivity index (χ3n) is 3.44. The Hall–Kier alpha value is -3.47. The Kier molecular flexibility index (Phi) is 6.42. The Balaban J connectivity index is 0.000000236. The molecule has 3 rings (SSSR count).